The van der Waals surface area contributed by atoms with Crippen LogP contribution in [-0.2, 0) is 25.9 Å². The predicted molar refractivity (Wildman–Crippen MR) is 65.7 cm³/mol. The van der Waals surface area contributed by atoms with Crippen LogP contribution in [0.5, 0.6) is 0 Å². The van der Waals surface area contributed by atoms with Gasteiger partial charge in [0, 0.05) is 26.8 Å². The van der Waals surface area contributed by atoms with Crippen molar-refractivity contribution in [1.29, 1.82) is 0 Å². The minimum Gasteiger partial charge on any atom is -0.358 e. The second-order valence-corrected chi connectivity index (χ2v) is 5.58. The zero-order valence-corrected chi connectivity index (χ0v) is 16.4. The molecule has 89 valence electrons. The van der Waals surface area contributed by atoms with Gasteiger partial charge in [-0.1, -0.05) is 18.2 Å². The molecule has 0 atom stereocenters. The molecule has 0 aliphatic heterocycles. The number of amides is 1. The molecule has 0 heterocycles. The van der Waals surface area contributed by atoms with Crippen LogP contribution >= 0.6 is 0 Å². The molecule has 1 amide bonds. The summed E-state index contributed by atoms with van der Waals surface area (Å²) in [7, 11) is 5.48. The Hall–Kier alpha value is 0.130. The van der Waals surface area contributed by atoms with Crippen molar-refractivity contribution in [3.8, 4) is 0 Å². The average molecular weight is 583 g/mol. The Morgan fingerprint density at radius 2 is 1.75 bits per heavy atom. The fourth-order valence-electron chi connectivity index (χ4n) is 0.682. The van der Waals surface area contributed by atoms with E-state index in [0.717, 1.165) is 31.8 Å². The van der Waals surface area contributed by atoms with Gasteiger partial charge >= 0.3 is 42.9 Å². The summed E-state index contributed by atoms with van der Waals surface area (Å²) in [5, 5.41) is 2.55. The van der Waals surface area contributed by atoms with Crippen molar-refractivity contribution in [2.45, 2.75) is 0 Å². The second kappa shape index (κ2) is 13.2. The number of carbonyl (C=O) groups excluding carboxylic acids is 1. The Labute approximate surface area is 129 Å². The number of nitrogens with one attached hydrogen (secondary N) is 1. The first-order valence-corrected chi connectivity index (χ1v) is 5.69. The summed E-state index contributed by atoms with van der Waals surface area (Å²) in [5.74, 6) is -0.286. The molecule has 0 bridgehead atoms. The number of benzene rings is 1. The van der Waals surface area contributed by atoms with Crippen molar-refractivity contribution in [1.82, 2.24) is 2.71 Å². The van der Waals surface area contributed by atoms with Crippen LogP contribution in [0.3, 0.4) is 0 Å². The van der Waals surface area contributed by atoms with E-state index in [0.29, 0.717) is 0 Å². The third-order valence-corrected chi connectivity index (χ3v) is 1.06. The molecule has 1 rings (SSSR count). The van der Waals surface area contributed by atoms with Crippen LogP contribution in [0.15, 0.2) is 30.3 Å². The predicted octanol–water partition coefficient (Wildman–Crippen LogP) is 1.70. The van der Waals surface area contributed by atoms with Gasteiger partial charge in [-0.05, 0) is 12.1 Å². The number of carbonyl (C=O) groups is 1. The van der Waals surface area contributed by atoms with Crippen LogP contribution in [0, 0.1) is 21.4 Å². The van der Waals surface area contributed by atoms with E-state index >= 15 is 0 Å². The molecule has 0 aliphatic rings. The maximum atomic E-state index is 10.4. The zero-order valence-electron chi connectivity index (χ0n) is 9.56. The van der Waals surface area contributed by atoms with Crippen LogP contribution < -0.4 is 5.32 Å². The van der Waals surface area contributed by atoms with Crippen molar-refractivity contribution in [2.24, 2.45) is 0 Å². The number of hydrogen-bond acceptors (Lipinski definition) is 2. The van der Waals surface area contributed by atoms with Gasteiger partial charge in [0.2, 0.25) is 0 Å². The molecule has 1 aromatic carbocycles. The average Bonchev–Trinajstić information content (AvgIpc) is 2.03. The summed E-state index contributed by atoms with van der Waals surface area (Å²) in [6.07, 6.45) is 0. The minimum absolute atomic E-state index is 0. The molecule has 0 unspecified atom stereocenters. The van der Waals surface area contributed by atoms with Gasteiger partial charge in [0.05, 0.1) is 5.91 Å². The molecule has 0 spiro atoms. The van der Waals surface area contributed by atoms with Crippen molar-refractivity contribution in [2.75, 3.05) is 12.4 Å². The maximum absolute atomic E-state index is 10.4. The number of rotatable bonds is 1. The molecule has 0 fully saturated rings. The van der Waals surface area contributed by atoms with Crippen LogP contribution in [-0.4, -0.2) is 41.7 Å². The molecule has 1 N–H and O–H groups in total. The Morgan fingerprint density at radius 3 is 2.06 bits per heavy atom. The summed E-state index contributed by atoms with van der Waals surface area (Å²) in [6.45, 7) is 3.18. The second-order valence-electron chi connectivity index (χ2n) is 2.61. The van der Waals surface area contributed by atoms with E-state index in [1.165, 1.54) is 0 Å². The Morgan fingerprint density at radius 1 is 1.38 bits per heavy atom. The molecule has 0 saturated carbocycles. The van der Waals surface area contributed by atoms with Crippen LogP contribution in [0.1, 0.15) is 0 Å². The number of para-hydroxylation sites is 1. The van der Waals surface area contributed by atoms with Crippen molar-refractivity contribution in [3.05, 3.63) is 51.7 Å². The Bertz CT molecular complexity index is 265. The first kappa shape index (κ1) is 21.4. The first-order valence-electron chi connectivity index (χ1n) is 3.96. The standard InChI is InChI=1S/C8H8NO.C2H5N.CH3.Pb.W/c1-7(10)9-8-5-3-2-4-6-8;1-3-2;;;/h2-6H,1H2,(H,9,10);1H2,2H3;1H3;;/q-1;-2;-1;+1;. The zero-order chi connectivity index (χ0) is 11.0. The largest absolute Gasteiger partial charge is 0.358 e. The molecule has 0 aromatic heterocycles. The molecule has 3 radical (unpaired) electrons. The summed E-state index contributed by atoms with van der Waals surface area (Å²) in [5.41, 5.74) is 0.780. The van der Waals surface area contributed by atoms with E-state index in [-0.39, 0.29) is 34.4 Å². The molecular formula is C11H16N2OPbW-3. The Kier molecular flexibility index (Phi) is 17.7. The third kappa shape index (κ3) is 16.6. The minimum atomic E-state index is -0.286. The van der Waals surface area contributed by atoms with E-state index in [1.54, 1.807) is 0 Å². The topological polar surface area (TPSA) is 32.3 Å². The summed E-state index contributed by atoms with van der Waals surface area (Å²) < 4.78 is 1.89. The molecule has 1 aromatic rings. The summed E-state index contributed by atoms with van der Waals surface area (Å²) in [6, 6.07) is 9.21. The van der Waals surface area contributed by atoms with Gasteiger partial charge in [0.15, 0.2) is 0 Å². The maximum Gasteiger partial charge on any atom is 0 e. The van der Waals surface area contributed by atoms with Crippen molar-refractivity contribution >= 4 is 37.7 Å². The van der Waals surface area contributed by atoms with Gasteiger partial charge in [0.1, 0.15) is 0 Å². The smallest absolute Gasteiger partial charge is 0 e. The molecule has 16 heavy (non-hydrogen) atoms. The van der Waals surface area contributed by atoms with E-state index < -0.39 is 0 Å². The SMILES string of the molecule is [CH2-]C(=O)Nc1ccccc1.[CH2-][N](C)[Pb].[CH3-].[W]. The van der Waals surface area contributed by atoms with E-state index in [1.807, 2.05) is 40.1 Å². The number of hydrogen-bond donors (Lipinski definition) is 1. The van der Waals surface area contributed by atoms with Gasteiger partial charge in [-0.2, -0.15) is 0 Å². The van der Waals surface area contributed by atoms with Gasteiger partial charge < -0.3 is 24.5 Å². The Balaban J connectivity index is -0.000000249. The molecule has 0 saturated heterocycles. The van der Waals surface area contributed by atoms with Crippen LogP contribution in [0.4, 0.5) is 5.69 Å². The van der Waals surface area contributed by atoms with Crippen molar-refractivity contribution < 1.29 is 25.9 Å². The van der Waals surface area contributed by atoms with Crippen LogP contribution in [0.25, 0.3) is 0 Å². The normalized spacial score (nSPS) is 7.75. The molecule has 0 aliphatic carbocycles. The first-order chi connectivity index (χ1) is 6.52. The van der Waals surface area contributed by atoms with Gasteiger partial charge in [-0.3, -0.25) is 0 Å². The van der Waals surface area contributed by atoms with Gasteiger partial charge in [0.25, 0.3) is 0 Å². The number of nitrogens with zero attached hydrogens (tertiary/aromatic N) is 1. The molecule has 5 heteroatoms. The molecular weight excluding hydrogens is 567 g/mol. The third-order valence-electron chi connectivity index (χ3n) is 1.06. The summed E-state index contributed by atoms with van der Waals surface area (Å²) >= 11 is 1.07. The van der Waals surface area contributed by atoms with E-state index in [2.05, 4.69) is 19.3 Å². The van der Waals surface area contributed by atoms with Gasteiger partial charge in [-0.25, -0.2) is 0 Å². The number of anilines is 1. The van der Waals surface area contributed by atoms with E-state index in [9.17, 15) is 4.79 Å². The monoisotopic (exact) mass is 584 g/mol. The fraction of sp³-hybridized carbons (Fsp3) is 0.0909. The molecule has 3 nitrogen and oxygen atoms in total. The van der Waals surface area contributed by atoms with Crippen molar-refractivity contribution in [3.63, 3.8) is 0 Å². The van der Waals surface area contributed by atoms with E-state index in [4.69, 9.17) is 0 Å². The van der Waals surface area contributed by atoms with Crippen LogP contribution in [0.2, 0.25) is 0 Å². The summed E-state index contributed by atoms with van der Waals surface area (Å²) in [4.78, 5) is 10.4. The fourth-order valence-corrected chi connectivity index (χ4v) is 0.682. The quantitative estimate of drug-likeness (QED) is 0.404. The van der Waals surface area contributed by atoms with Gasteiger partial charge in [-0.15, -0.1) is 0 Å².